The summed E-state index contributed by atoms with van der Waals surface area (Å²) in [5, 5.41) is 7.41. The Kier molecular flexibility index (Phi) is 5.21. The molecule has 0 aliphatic heterocycles. The van der Waals surface area contributed by atoms with Crippen molar-refractivity contribution < 1.29 is 14.1 Å². The van der Waals surface area contributed by atoms with Crippen LogP contribution in [0.4, 0.5) is 5.69 Å². The van der Waals surface area contributed by atoms with Crippen LogP contribution >= 0.6 is 23.2 Å². The van der Waals surface area contributed by atoms with E-state index in [-0.39, 0.29) is 18.2 Å². The lowest BCUT2D eigenvalue weighted by molar-refractivity contribution is -0.115. The van der Waals surface area contributed by atoms with Crippen LogP contribution in [0.25, 0.3) is 11.4 Å². The Morgan fingerprint density at radius 3 is 2.68 bits per heavy atom. The zero-order valence-corrected chi connectivity index (χ0v) is 14.6. The van der Waals surface area contributed by atoms with Gasteiger partial charge in [-0.3, -0.25) is 4.79 Å². The predicted molar refractivity (Wildman–Crippen MR) is 95.1 cm³/mol. The first kappa shape index (κ1) is 17.3. The summed E-state index contributed by atoms with van der Waals surface area (Å²) < 4.78 is 10.2. The average Bonchev–Trinajstić information content (AvgIpc) is 3.06. The lowest BCUT2D eigenvalue weighted by Gasteiger charge is -2.06. The molecule has 6 nitrogen and oxygen atoms in total. The van der Waals surface area contributed by atoms with E-state index in [0.29, 0.717) is 21.6 Å². The van der Waals surface area contributed by atoms with Crippen LogP contribution in [0.3, 0.4) is 0 Å². The maximum absolute atomic E-state index is 12.1. The quantitative estimate of drug-likeness (QED) is 0.719. The van der Waals surface area contributed by atoms with Gasteiger partial charge in [-0.2, -0.15) is 4.98 Å². The van der Waals surface area contributed by atoms with E-state index in [1.807, 2.05) is 0 Å². The number of ether oxygens (including phenoxy) is 1. The van der Waals surface area contributed by atoms with Gasteiger partial charge in [0.1, 0.15) is 12.2 Å². The molecule has 2 aromatic carbocycles. The van der Waals surface area contributed by atoms with Crippen LogP contribution in [0.1, 0.15) is 5.89 Å². The topological polar surface area (TPSA) is 77.2 Å². The van der Waals surface area contributed by atoms with E-state index in [1.54, 1.807) is 49.6 Å². The van der Waals surface area contributed by atoms with Crippen molar-refractivity contribution in [1.29, 1.82) is 0 Å². The highest BCUT2D eigenvalue weighted by molar-refractivity contribution is 6.35. The van der Waals surface area contributed by atoms with E-state index >= 15 is 0 Å². The third-order valence-electron chi connectivity index (χ3n) is 3.33. The number of benzene rings is 2. The Hall–Kier alpha value is -2.57. The van der Waals surface area contributed by atoms with Gasteiger partial charge in [-0.15, -0.1) is 0 Å². The first-order valence-corrected chi connectivity index (χ1v) is 8.02. The van der Waals surface area contributed by atoms with Crippen molar-refractivity contribution in [2.24, 2.45) is 0 Å². The Bertz CT molecular complexity index is 894. The number of hydrogen-bond acceptors (Lipinski definition) is 5. The number of anilines is 1. The first-order valence-electron chi connectivity index (χ1n) is 7.27. The number of aromatic nitrogens is 2. The van der Waals surface area contributed by atoms with Crippen LogP contribution in [0, 0.1) is 0 Å². The zero-order valence-electron chi connectivity index (χ0n) is 13.1. The number of halogens is 2. The second kappa shape index (κ2) is 7.55. The van der Waals surface area contributed by atoms with E-state index in [2.05, 4.69) is 15.5 Å². The highest BCUT2D eigenvalue weighted by atomic mass is 35.5. The molecular weight excluding hydrogens is 365 g/mol. The van der Waals surface area contributed by atoms with Crippen LogP contribution in [0.2, 0.25) is 10.0 Å². The number of nitrogens with one attached hydrogen (secondary N) is 1. The molecule has 3 rings (SSSR count). The molecule has 0 aliphatic carbocycles. The molecule has 25 heavy (non-hydrogen) atoms. The fourth-order valence-corrected chi connectivity index (χ4v) is 2.45. The van der Waals surface area contributed by atoms with Crippen molar-refractivity contribution in [1.82, 2.24) is 10.1 Å². The molecular formula is C17H13Cl2N3O3. The van der Waals surface area contributed by atoms with Gasteiger partial charge in [-0.1, -0.05) is 28.4 Å². The minimum Gasteiger partial charge on any atom is -0.497 e. The Morgan fingerprint density at radius 2 is 1.96 bits per heavy atom. The minimum absolute atomic E-state index is 0.0774. The summed E-state index contributed by atoms with van der Waals surface area (Å²) in [4.78, 5) is 16.3. The van der Waals surface area contributed by atoms with Crippen molar-refractivity contribution >= 4 is 34.8 Å². The summed E-state index contributed by atoms with van der Waals surface area (Å²) in [5.74, 6) is 0.979. The van der Waals surface area contributed by atoms with E-state index in [9.17, 15) is 4.79 Å². The van der Waals surface area contributed by atoms with Crippen LogP contribution in [0.5, 0.6) is 5.75 Å². The van der Waals surface area contributed by atoms with Crippen molar-refractivity contribution in [3.63, 3.8) is 0 Å². The normalized spacial score (nSPS) is 10.5. The largest absolute Gasteiger partial charge is 0.497 e. The third kappa shape index (κ3) is 4.29. The summed E-state index contributed by atoms with van der Waals surface area (Å²) in [6.45, 7) is 0. The molecule has 0 fully saturated rings. The van der Waals surface area contributed by atoms with Crippen LogP contribution < -0.4 is 10.1 Å². The van der Waals surface area contributed by atoms with Gasteiger partial charge in [0.25, 0.3) is 0 Å². The van der Waals surface area contributed by atoms with E-state index in [0.717, 1.165) is 11.3 Å². The molecule has 0 aliphatic rings. The molecule has 1 amide bonds. The predicted octanol–water partition coefficient (Wildman–Crippen LogP) is 4.23. The highest BCUT2D eigenvalue weighted by Crippen LogP contribution is 2.25. The lowest BCUT2D eigenvalue weighted by Crippen LogP contribution is -2.14. The number of amides is 1. The molecule has 0 unspecified atom stereocenters. The van der Waals surface area contributed by atoms with Gasteiger partial charge in [0.05, 0.1) is 17.8 Å². The van der Waals surface area contributed by atoms with Gasteiger partial charge in [0.2, 0.25) is 17.6 Å². The third-order valence-corrected chi connectivity index (χ3v) is 3.90. The second-order valence-electron chi connectivity index (χ2n) is 5.09. The van der Waals surface area contributed by atoms with Crippen molar-refractivity contribution in [3.05, 3.63) is 58.4 Å². The molecule has 3 aromatic rings. The Balaban J connectivity index is 1.68. The SMILES string of the molecule is COc1ccc(-c2noc(CC(=O)Nc3cc(Cl)ccc3Cl)n2)cc1. The smallest absolute Gasteiger partial charge is 0.236 e. The maximum Gasteiger partial charge on any atom is 0.236 e. The number of hydrogen-bond donors (Lipinski definition) is 1. The van der Waals surface area contributed by atoms with Crippen LogP contribution in [-0.2, 0) is 11.2 Å². The van der Waals surface area contributed by atoms with Crippen molar-refractivity contribution in [2.45, 2.75) is 6.42 Å². The fourth-order valence-electron chi connectivity index (χ4n) is 2.11. The van der Waals surface area contributed by atoms with E-state index in [1.165, 1.54) is 0 Å². The Morgan fingerprint density at radius 1 is 1.20 bits per heavy atom. The first-order chi connectivity index (χ1) is 12.0. The molecule has 0 radical (unpaired) electrons. The monoisotopic (exact) mass is 377 g/mol. The van der Waals surface area contributed by atoms with Gasteiger partial charge in [-0.25, -0.2) is 0 Å². The number of rotatable bonds is 5. The highest BCUT2D eigenvalue weighted by Gasteiger charge is 2.14. The van der Waals surface area contributed by atoms with Gasteiger partial charge >= 0.3 is 0 Å². The molecule has 1 aromatic heterocycles. The maximum atomic E-state index is 12.1. The molecule has 1 N–H and O–H groups in total. The molecule has 128 valence electrons. The summed E-state index contributed by atoms with van der Waals surface area (Å²) in [6.07, 6.45) is -0.0774. The van der Waals surface area contributed by atoms with Gasteiger partial charge < -0.3 is 14.6 Å². The number of nitrogens with zero attached hydrogens (tertiary/aromatic N) is 2. The lowest BCUT2D eigenvalue weighted by atomic mass is 10.2. The second-order valence-corrected chi connectivity index (χ2v) is 5.93. The molecule has 0 spiro atoms. The molecule has 0 bridgehead atoms. The molecule has 8 heteroatoms. The minimum atomic E-state index is -0.339. The van der Waals surface area contributed by atoms with Gasteiger partial charge in [0.15, 0.2) is 0 Å². The van der Waals surface area contributed by atoms with Gasteiger partial charge in [0, 0.05) is 10.6 Å². The fraction of sp³-hybridized carbons (Fsp3) is 0.118. The summed E-state index contributed by atoms with van der Waals surface area (Å²) in [6, 6.07) is 12.0. The summed E-state index contributed by atoms with van der Waals surface area (Å²) in [5.41, 5.74) is 1.18. The number of methoxy groups -OCH3 is 1. The van der Waals surface area contributed by atoms with Crippen molar-refractivity contribution in [3.8, 4) is 17.1 Å². The Labute approximate surface area is 153 Å². The zero-order chi connectivity index (χ0) is 17.8. The molecule has 0 saturated carbocycles. The van der Waals surface area contributed by atoms with Gasteiger partial charge in [-0.05, 0) is 42.5 Å². The molecule has 0 atom stereocenters. The van der Waals surface area contributed by atoms with Crippen LogP contribution in [0.15, 0.2) is 47.0 Å². The average molecular weight is 378 g/mol. The van der Waals surface area contributed by atoms with E-state index < -0.39 is 0 Å². The standard InChI is InChI=1S/C17H13Cl2N3O3/c1-24-12-5-2-10(3-6-12)17-21-16(25-22-17)9-15(23)20-14-8-11(18)4-7-13(14)19/h2-8H,9H2,1H3,(H,20,23). The summed E-state index contributed by atoms with van der Waals surface area (Å²) >= 11 is 11.9. The van der Waals surface area contributed by atoms with Crippen molar-refractivity contribution in [2.75, 3.05) is 12.4 Å². The number of carbonyl (C=O) groups excluding carboxylic acids is 1. The van der Waals surface area contributed by atoms with Crippen LogP contribution in [-0.4, -0.2) is 23.2 Å². The van der Waals surface area contributed by atoms with E-state index in [4.69, 9.17) is 32.5 Å². The molecule has 0 saturated heterocycles. The molecule has 1 heterocycles. The number of carbonyl (C=O) groups is 1. The summed E-state index contributed by atoms with van der Waals surface area (Å²) in [7, 11) is 1.59.